The summed E-state index contributed by atoms with van der Waals surface area (Å²) in [5.41, 5.74) is 4.95. The number of aromatic nitrogens is 2. The smallest absolute Gasteiger partial charge is 0.253 e. The van der Waals surface area contributed by atoms with Crippen molar-refractivity contribution in [2.75, 3.05) is 19.0 Å². The Balaban J connectivity index is 1.57. The summed E-state index contributed by atoms with van der Waals surface area (Å²) in [5, 5.41) is 20.2. The number of hydrogen-bond donors (Lipinski definition) is 3. The van der Waals surface area contributed by atoms with E-state index in [9.17, 15) is 19.1 Å². The first-order chi connectivity index (χ1) is 17.2. The molecule has 0 saturated carbocycles. The van der Waals surface area contributed by atoms with Crippen LogP contribution in [0.5, 0.6) is 0 Å². The lowest BCUT2D eigenvalue weighted by atomic mass is 9.86. The van der Waals surface area contributed by atoms with Crippen LogP contribution in [0.4, 0.5) is 10.1 Å². The first-order valence-electron chi connectivity index (χ1n) is 11.6. The molecule has 2 heterocycles. The summed E-state index contributed by atoms with van der Waals surface area (Å²) in [6, 6.07) is 13.4. The zero-order chi connectivity index (χ0) is 25.8. The molecule has 0 aliphatic carbocycles. The molecule has 0 spiro atoms. The lowest BCUT2D eigenvalue weighted by Gasteiger charge is -2.24. The van der Waals surface area contributed by atoms with E-state index in [1.165, 1.54) is 25.4 Å². The van der Waals surface area contributed by atoms with Gasteiger partial charge in [0.25, 0.3) is 5.91 Å². The van der Waals surface area contributed by atoms with Crippen LogP contribution in [-0.2, 0) is 20.9 Å². The zero-order valence-corrected chi connectivity index (χ0v) is 20.4. The van der Waals surface area contributed by atoms with E-state index in [1.54, 1.807) is 16.8 Å². The number of methoxy groups -OCH3 is 1. The lowest BCUT2D eigenvalue weighted by molar-refractivity contribution is -0.121. The number of nitrogens with one attached hydrogen (secondary N) is 2. The third-order valence-electron chi connectivity index (χ3n) is 6.19. The van der Waals surface area contributed by atoms with E-state index in [4.69, 9.17) is 4.74 Å². The zero-order valence-electron chi connectivity index (χ0n) is 20.4. The molecule has 0 saturated heterocycles. The summed E-state index contributed by atoms with van der Waals surface area (Å²) >= 11 is 0. The third-order valence-corrected chi connectivity index (χ3v) is 6.19. The van der Waals surface area contributed by atoms with E-state index in [-0.39, 0.29) is 30.7 Å². The van der Waals surface area contributed by atoms with Gasteiger partial charge in [-0.1, -0.05) is 24.3 Å². The predicted octanol–water partition coefficient (Wildman–Crippen LogP) is 3.44. The molecule has 2 amide bonds. The lowest BCUT2D eigenvalue weighted by Crippen LogP contribution is -2.32. The van der Waals surface area contributed by atoms with Crippen molar-refractivity contribution in [1.82, 2.24) is 15.1 Å². The van der Waals surface area contributed by atoms with Crippen molar-refractivity contribution < 1.29 is 23.8 Å². The number of amides is 2. The summed E-state index contributed by atoms with van der Waals surface area (Å²) < 4.78 is 20.1. The van der Waals surface area contributed by atoms with Crippen LogP contribution in [0.3, 0.4) is 0 Å². The van der Waals surface area contributed by atoms with Crippen LogP contribution >= 0.6 is 0 Å². The Hall–Kier alpha value is -3.82. The predicted molar refractivity (Wildman–Crippen MR) is 134 cm³/mol. The highest BCUT2D eigenvalue weighted by atomic mass is 19.1. The van der Waals surface area contributed by atoms with E-state index >= 15 is 0 Å². The molecule has 9 heteroatoms. The number of aliphatic hydroxyl groups excluding tert-OH is 1. The van der Waals surface area contributed by atoms with Crippen LogP contribution in [0.25, 0.3) is 11.3 Å². The number of halogens is 1. The highest BCUT2D eigenvalue weighted by Crippen LogP contribution is 2.32. The van der Waals surface area contributed by atoms with Crippen molar-refractivity contribution in [3.63, 3.8) is 0 Å². The average molecular weight is 493 g/mol. The quantitative estimate of drug-likeness (QED) is 0.447. The number of aryl methyl sites for hydroxylation is 2. The SMILES string of the molecule is COC[C@H](O)Cn1nc(-c2ccc(C)c(NC(=O)C3=CNC(=O)C[C@H]3c3ccc(F)cc3)c2)cc1C. The molecule has 36 heavy (non-hydrogen) atoms. The molecular weight excluding hydrogens is 463 g/mol. The Labute approximate surface area is 208 Å². The molecule has 0 bridgehead atoms. The van der Waals surface area contributed by atoms with Gasteiger partial charge in [-0.05, 0) is 49.2 Å². The van der Waals surface area contributed by atoms with Crippen molar-refractivity contribution in [3.8, 4) is 11.3 Å². The Morgan fingerprint density at radius 2 is 2.00 bits per heavy atom. The number of anilines is 1. The Morgan fingerprint density at radius 1 is 1.25 bits per heavy atom. The summed E-state index contributed by atoms with van der Waals surface area (Å²) in [6.45, 7) is 4.31. The van der Waals surface area contributed by atoms with Crippen LogP contribution < -0.4 is 10.6 Å². The van der Waals surface area contributed by atoms with Crippen LogP contribution in [0.2, 0.25) is 0 Å². The van der Waals surface area contributed by atoms with E-state index in [2.05, 4.69) is 15.7 Å². The van der Waals surface area contributed by atoms with Crippen LogP contribution in [0.15, 0.2) is 60.3 Å². The topological polar surface area (TPSA) is 105 Å². The number of aliphatic hydroxyl groups is 1. The Bertz CT molecular complexity index is 1300. The van der Waals surface area contributed by atoms with Gasteiger partial charge in [0.05, 0.1) is 24.9 Å². The van der Waals surface area contributed by atoms with E-state index < -0.39 is 12.0 Å². The molecule has 1 aromatic heterocycles. The van der Waals surface area contributed by atoms with Gasteiger partial charge in [0, 0.05) is 48.2 Å². The van der Waals surface area contributed by atoms with Gasteiger partial charge in [0.2, 0.25) is 5.91 Å². The fraction of sp³-hybridized carbons (Fsp3) is 0.296. The van der Waals surface area contributed by atoms with Gasteiger partial charge in [-0.15, -0.1) is 0 Å². The second-order valence-corrected chi connectivity index (χ2v) is 8.92. The highest BCUT2D eigenvalue weighted by molar-refractivity contribution is 6.07. The molecule has 2 atom stereocenters. The number of rotatable bonds is 8. The van der Waals surface area contributed by atoms with Gasteiger partial charge < -0.3 is 20.5 Å². The minimum absolute atomic E-state index is 0.0928. The van der Waals surface area contributed by atoms with Crippen molar-refractivity contribution in [3.05, 3.63) is 82.9 Å². The van der Waals surface area contributed by atoms with Gasteiger partial charge >= 0.3 is 0 Å². The molecule has 3 N–H and O–H groups in total. The normalized spacial score (nSPS) is 16.3. The fourth-order valence-corrected chi connectivity index (χ4v) is 4.22. The summed E-state index contributed by atoms with van der Waals surface area (Å²) in [4.78, 5) is 25.3. The van der Waals surface area contributed by atoms with Crippen LogP contribution in [0, 0.1) is 19.7 Å². The molecule has 0 unspecified atom stereocenters. The first kappa shape index (κ1) is 25.3. The molecule has 3 aromatic rings. The van der Waals surface area contributed by atoms with Gasteiger partial charge in [-0.3, -0.25) is 14.3 Å². The first-order valence-corrected chi connectivity index (χ1v) is 11.6. The largest absolute Gasteiger partial charge is 0.389 e. The fourth-order valence-electron chi connectivity index (χ4n) is 4.22. The molecule has 188 valence electrons. The number of ether oxygens (including phenoxy) is 1. The molecule has 4 rings (SSSR count). The molecule has 8 nitrogen and oxygen atoms in total. The third kappa shape index (κ3) is 5.69. The summed E-state index contributed by atoms with van der Waals surface area (Å²) in [6.07, 6.45) is 0.841. The highest BCUT2D eigenvalue weighted by Gasteiger charge is 2.29. The van der Waals surface area contributed by atoms with Gasteiger partial charge in [0.1, 0.15) is 5.82 Å². The maximum absolute atomic E-state index is 13.4. The van der Waals surface area contributed by atoms with Crippen molar-refractivity contribution in [2.45, 2.75) is 38.8 Å². The monoisotopic (exact) mass is 492 g/mol. The molecule has 1 aliphatic heterocycles. The second-order valence-electron chi connectivity index (χ2n) is 8.92. The number of carbonyl (C=O) groups is 2. The Kier molecular flexibility index (Phi) is 7.61. The van der Waals surface area contributed by atoms with E-state index in [0.717, 1.165) is 16.8 Å². The maximum atomic E-state index is 13.4. The van der Waals surface area contributed by atoms with Crippen LogP contribution in [0.1, 0.15) is 29.2 Å². The van der Waals surface area contributed by atoms with Gasteiger partial charge in [-0.2, -0.15) is 5.10 Å². The van der Waals surface area contributed by atoms with Crippen molar-refractivity contribution >= 4 is 17.5 Å². The average Bonchev–Trinajstić information content (AvgIpc) is 3.20. The second kappa shape index (κ2) is 10.8. The molecular formula is C27H29FN4O4. The van der Waals surface area contributed by atoms with E-state index in [1.807, 2.05) is 38.1 Å². The number of hydrogen-bond acceptors (Lipinski definition) is 5. The molecule has 0 fully saturated rings. The minimum Gasteiger partial charge on any atom is -0.389 e. The molecule has 1 aliphatic rings. The minimum atomic E-state index is -0.673. The van der Waals surface area contributed by atoms with Crippen LogP contribution in [-0.4, -0.2) is 46.5 Å². The van der Waals surface area contributed by atoms with Crippen molar-refractivity contribution in [1.29, 1.82) is 0 Å². The maximum Gasteiger partial charge on any atom is 0.253 e. The van der Waals surface area contributed by atoms with E-state index in [0.29, 0.717) is 29.1 Å². The number of benzene rings is 2. The molecule has 2 aromatic carbocycles. The summed E-state index contributed by atoms with van der Waals surface area (Å²) in [7, 11) is 1.53. The van der Waals surface area contributed by atoms with Gasteiger partial charge in [0.15, 0.2) is 0 Å². The number of carbonyl (C=O) groups excluding carboxylic acids is 2. The summed E-state index contributed by atoms with van der Waals surface area (Å²) in [5.74, 6) is -1.43. The number of nitrogens with zero attached hydrogens (tertiary/aromatic N) is 2. The standard InChI is InChI=1S/C27H29FN4O4/c1-16-4-5-19(25-10-17(2)32(31-25)14-21(33)15-36-3)11-24(16)30-27(35)23-13-29-26(34)12-22(23)18-6-8-20(28)9-7-18/h4-11,13,21-22,33H,12,14-15H2,1-3H3,(H,29,34)(H,30,35)/t21-,22+/m1/s1. The van der Waals surface area contributed by atoms with Crippen molar-refractivity contribution in [2.24, 2.45) is 0 Å². The van der Waals surface area contributed by atoms with Gasteiger partial charge in [-0.25, -0.2) is 4.39 Å². The molecule has 0 radical (unpaired) electrons. The Morgan fingerprint density at radius 3 is 2.72 bits per heavy atom.